The molecule has 0 atom stereocenters. The van der Waals surface area contributed by atoms with Gasteiger partial charge in [-0.2, -0.15) is 0 Å². The summed E-state index contributed by atoms with van der Waals surface area (Å²) in [4.78, 5) is 0. The topological polar surface area (TPSA) is 47.3 Å². The molecule has 0 radical (unpaired) electrons. The minimum atomic E-state index is 0. The third-order valence-electron chi connectivity index (χ3n) is 1.86. The number of halogens is 1. The summed E-state index contributed by atoms with van der Waals surface area (Å²) in [6, 6.07) is 0. The van der Waals surface area contributed by atoms with Crippen LogP contribution >= 0.6 is 12.4 Å². The summed E-state index contributed by atoms with van der Waals surface area (Å²) >= 11 is 0. The fourth-order valence-corrected chi connectivity index (χ4v) is 1.29. The van der Waals surface area contributed by atoms with Gasteiger partial charge in [-0.3, -0.25) is 0 Å². The van der Waals surface area contributed by atoms with Gasteiger partial charge >= 0.3 is 0 Å². The van der Waals surface area contributed by atoms with Crippen LogP contribution in [0.5, 0.6) is 5.88 Å². The van der Waals surface area contributed by atoms with E-state index in [1.165, 1.54) is 0 Å². The second-order valence-electron chi connectivity index (χ2n) is 2.52. The molecule has 0 saturated heterocycles. The maximum atomic E-state index is 5.04. The van der Waals surface area contributed by atoms with Gasteiger partial charge in [0, 0.05) is 0 Å². The van der Waals surface area contributed by atoms with Crippen LogP contribution in [0.3, 0.4) is 0 Å². The molecule has 4 nitrogen and oxygen atoms in total. The molecule has 0 aromatic carbocycles. The fraction of sp³-hybridized carbons (Fsp3) is 0.571. The van der Waals surface area contributed by atoms with Crippen molar-refractivity contribution in [3.8, 4) is 5.88 Å². The zero-order chi connectivity index (χ0) is 7.68. The van der Waals surface area contributed by atoms with Gasteiger partial charge < -0.3 is 14.6 Å². The van der Waals surface area contributed by atoms with Gasteiger partial charge in [0.05, 0.1) is 19.2 Å². The molecule has 12 heavy (non-hydrogen) atoms. The number of nitrogens with one attached hydrogen (secondary N) is 1. The largest absolute Gasteiger partial charge is 0.479 e. The van der Waals surface area contributed by atoms with Gasteiger partial charge in [0.2, 0.25) is 0 Å². The van der Waals surface area contributed by atoms with Crippen molar-refractivity contribution in [2.75, 3.05) is 13.7 Å². The second kappa shape index (κ2) is 3.78. The molecular formula is C7H11ClN2O2. The van der Waals surface area contributed by atoms with Crippen molar-refractivity contribution in [2.45, 2.75) is 13.0 Å². The van der Waals surface area contributed by atoms with Gasteiger partial charge in [-0.1, -0.05) is 0 Å². The lowest BCUT2D eigenvalue weighted by atomic mass is 10.1. The normalized spacial score (nSPS) is 14.8. The lowest BCUT2D eigenvalue weighted by Crippen LogP contribution is -2.22. The first-order valence-electron chi connectivity index (χ1n) is 3.64. The quantitative estimate of drug-likeness (QED) is 0.710. The Bertz CT molecular complexity index is 248. The van der Waals surface area contributed by atoms with Gasteiger partial charge in [-0.15, -0.1) is 12.4 Å². The molecule has 0 unspecified atom stereocenters. The van der Waals surface area contributed by atoms with Crippen LogP contribution in [0.15, 0.2) is 4.52 Å². The number of aromatic nitrogens is 1. The van der Waals surface area contributed by atoms with Crippen LogP contribution in [0.4, 0.5) is 0 Å². The van der Waals surface area contributed by atoms with E-state index < -0.39 is 0 Å². The maximum absolute atomic E-state index is 5.04. The standard InChI is InChI=1S/C7H10N2O2.ClH/c1-10-7-5-2-3-8-4-6(5)11-9-7;/h8H,2-4H2,1H3;1H. The van der Waals surface area contributed by atoms with Crippen LogP contribution in [-0.4, -0.2) is 18.8 Å². The summed E-state index contributed by atoms with van der Waals surface area (Å²) in [5.41, 5.74) is 1.12. The van der Waals surface area contributed by atoms with E-state index in [9.17, 15) is 0 Å². The van der Waals surface area contributed by atoms with Gasteiger partial charge in [-0.05, 0) is 18.1 Å². The molecule has 0 fully saturated rings. The Morgan fingerprint density at radius 1 is 1.58 bits per heavy atom. The van der Waals surface area contributed by atoms with E-state index in [-0.39, 0.29) is 12.4 Å². The van der Waals surface area contributed by atoms with Crippen molar-refractivity contribution in [1.29, 1.82) is 0 Å². The smallest absolute Gasteiger partial charge is 0.257 e. The Labute approximate surface area is 76.7 Å². The first-order valence-corrected chi connectivity index (χ1v) is 3.64. The van der Waals surface area contributed by atoms with Gasteiger partial charge in [0.1, 0.15) is 0 Å². The van der Waals surface area contributed by atoms with E-state index in [2.05, 4.69) is 10.5 Å². The number of hydrogen-bond donors (Lipinski definition) is 1. The molecule has 5 heteroatoms. The summed E-state index contributed by atoms with van der Waals surface area (Å²) in [5.74, 6) is 1.55. The first kappa shape index (κ1) is 9.35. The van der Waals surface area contributed by atoms with Crippen LogP contribution in [0, 0.1) is 0 Å². The summed E-state index contributed by atoms with van der Waals surface area (Å²) < 4.78 is 10.1. The molecule has 1 aromatic heterocycles. The molecule has 0 spiro atoms. The van der Waals surface area contributed by atoms with Gasteiger partial charge in [-0.25, -0.2) is 0 Å². The molecule has 0 bridgehead atoms. The number of fused-ring (bicyclic) bond motifs is 1. The maximum Gasteiger partial charge on any atom is 0.257 e. The Kier molecular flexibility index (Phi) is 2.94. The van der Waals surface area contributed by atoms with Crippen molar-refractivity contribution in [2.24, 2.45) is 0 Å². The van der Waals surface area contributed by atoms with Crippen molar-refractivity contribution in [1.82, 2.24) is 10.5 Å². The lowest BCUT2D eigenvalue weighted by molar-refractivity contribution is 0.323. The Hall–Kier alpha value is -0.740. The molecule has 1 aromatic rings. The average molecular weight is 191 g/mol. The molecule has 1 aliphatic rings. The monoisotopic (exact) mass is 190 g/mol. The molecule has 0 saturated carbocycles. The molecule has 1 N–H and O–H groups in total. The molecular weight excluding hydrogens is 180 g/mol. The molecule has 0 aliphatic carbocycles. The average Bonchev–Trinajstić information content (AvgIpc) is 2.47. The summed E-state index contributed by atoms with van der Waals surface area (Å²) in [6.45, 7) is 1.75. The third-order valence-corrected chi connectivity index (χ3v) is 1.86. The van der Waals surface area contributed by atoms with E-state index in [4.69, 9.17) is 9.26 Å². The van der Waals surface area contributed by atoms with Crippen molar-refractivity contribution < 1.29 is 9.26 Å². The zero-order valence-electron chi connectivity index (χ0n) is 6.79. The van der Waals surface area contributed by atoms with Crippen LogP contribution in [0.25, 0.3) is 0 Å². The number of methoxy groups -OCH3 is 1. The highest BCUT2D eigenvalue weighted by Gasteiger charge is 2.18. The van der Waals surface area contributed by atoms with Gasteiger partial charge in [0.15, 0.2) is 5.76 Å². The van der Waals surface area contributed by atoms with Crippen LogP contribution in [0.1, 0.15) is 11.3 Å². The van der Waals surface area contributed by atoms with Crippen LogP contribution in [-0.2, 0) is 13.0 Å². The SMILES string of the molecule is COc1noc2c1CCNC2.Cl. The predicted octanol–water partition coefficient (Wildman–Crippen LogP) is 0.751. The first-order chi connectivity index (χ1) is 5.42. The summed E-state index contributed by atoms with van der Waals surface area (Å²) in [6.07, 6.45) is 0.946. The second-order valence-corrected chi connectivity index (χ2v) is 2.52. The minimum absolute atomic E-state index is 0. The number of ether oxygens (including phenoxy) is 1. The third kappa shape index (κ3) is 1.40. The Balaban J connectivity index is 0.000000720. The Morgan fingerprint density at radius 3 is 3.17 bits per heavy atom. The highest BCUT2D eigenvalue weighted by molar-refractivity contribution is 5.85. The minimum Gasteiger partial charge on any atom is -0.479 e. The van der Waals surface area contributed by atoms with Crippen molar-refractivity contribution in [3.05, 3.63) is 11.3 Å². The van der Waals surface area contributed by atoms with E-state index in [1.807, 2.05) is 0 Å². The van der Waals surface area contributed by atoms with E-state index >= 15 is 0 Å². The molecule has 2 rings (SSSR count). The van der Waals surface area contributed by atoms with Crippen LogP contribution in [0.2, 0.25) is 0 Å². The lowest BCUT2D eigenvalue weighted by Gasteiger charge is -2.09. The highest BCUT2D eigenvalue weighted by atomic mass is 35.5. The number of rotatable bonds is 1. The van der Waals surface area contributed by atoms with Crippen molar-refractivity contribution in [3.63, 3.8) is 0 Å². The molecule has 1 aliphatic heterocycles. The predicted molar refractivity (Wildman–Crippen MR) is 45.7 cm³/mol. The fourth-order valence-electron chi connectivity index (χ4n) is 1.29. The number of hydrogen-bond acceptors (Lipinski definition) is 4. The Morgan fingerprint density at radius 2 is 2.42 bits per heavy atom. The van der Waals surface area contributed by atoms with Crippen LogP contribution < -0.4 is 10.1 Å². The highest BCUT2D eigenvalue weighted by Crippen LogP contribution is 2.23. The van der Waals surface area contributed by atoms with E-state index in [1.54, 1.807) is 7.11 Å². The number of nitrogens with zero attached hydrogens (tertiary/aromatic N) is 1. The molecule has 68 valence electrons. The molecule has 0 amide bonds. The zero-order valence-corrected chi connectivity index (χ0v) is 7.61. The van der Waals surface area contributed by atoms with Gasteiger partial charge in [0.25, 0.3) is 5.88 Å². The van der Waals surface area contributed by atoms with E-state index in [0.717, 1.165) is 30.8 Å². The summed E-state index contributed by atoms with van der Waals surface area (Å²) in [5, 5.41) is 6.97. The summed E-state index contributed by atoms with van der Waals surface area (Å²) in [7, 11) is 1.61. The molecule has 2 heterocycles. The van der Waals surface area contributed by atoms with Crippen molar-refractivity contribution >= 4 is 12.4 Å². The van der Waals surface area contributed by atoms with E-state index in [0.29, 0.717) is 5.88 Å².